The number of carbonyl (C=O) groups excluding carboxylic acids is 1. The molecule has 1 rings (SSSR count). The highest BCUT2D eigenvalue weighted by Crippen LogP contribution is 2.23. The van der Waals surface area contributed by atoms with Crippen molar-refractivity contribution in [2.75, 3.05) is 0 Å². The third-order valence-electron chi connectivity index (χ3n) is 2.62. The molecule has 0 aliphatic rings. The lowest BCUT2D eigenvalue weighted by Gasteiger charge is -2.14. The minimum Gasteiger partial charge on any atom is -0.459 e. The maximum Gasteiger partial charge on any atom is 0.339 e. The second kappa shape index (κ2) is 5.74. The lowest BCUT2D eigenvalue weighted by Crippen LogP contribution is -2.20. The van der Waals surface area contributed by atoms with E-state index < -0.39 is 21.1 Å². The van der Waals surface area contributed by atoms with Crippen molar-refractivity contribution in [3.8, 4) is 0 Å². The van der Waals surface area contributed by atoms with E-state index in [1.807, 2.05) is 0 Å². The van der Waals surface area contributed by atoms with Crippen LogP contribution in [0, 0.1) is 6.92 Å². The first-order valence-electron chi connectivity index (χ1n) is 6.21. The number of sulfone groups is 1. The highest BCUT2D eigenvalue weighted by molar-refractivity contribution is 7.92. The Bertz CT molecular complexity index is 571. The Morgan fingerprint density at radius 2 is 1.74 bits per heavy atom. The fraction of sp³-hybridized carbons (Fsp3) is 0.500. The fourth-order valence-corrected chi connectivity index (χ4v) is 2.80. The molecule has 0 spiro atoms. The van der Waals surface area contributed by atoms with Crippen LogP contribution in [0.4, 0.5) is 0 Å². The van der Waals surface area contributed by atoms with Crippen molar-refractivity contribution in [2.24, 2.45) is 0 Å². The van der Waals surface area contributed by atoms with Crippen LogP contribution in [0.2, 0.25) is 0 Å². The molecule has 0 unspecified atom stereocenters. The second-order valence-corrected chi connectivity index (χ2v) is 7.52. The van der Waals surface area contributed by atoms with Gasteiger partial charge >= 0.3 is 5.97 Å². The van der Waals surface area contributed by atoms with E-state index in [9.17, 15) is 13.2 Å². The summed E-state index contributed by atoms with van der Waals surface area (Å²) in [5, 5.41) is -0.583. The van der Waals surface area contributed by atoms with Crippen LogP contribution in [0.15, 0.2) is 23.1 Å². The molecular formula is C14H20O4S. The Hall–Kier alpha value is -1.36. The molecule has 0 aromatic heterocycles. The zero-order valence-corrected chi connectivity index (χ0v) is 12.7. The monoisotopic (exact) mass is 284 g/mol. The lowest BCUT2D eigenvalue weighted by atomic mass is 10.1. The molecule has 5 heteroatoms. The van der Waals surface area contributed by atoms with Crippen LogP contribution in [0.1, 0.15) is 43.6 Å². The summed E-state index contributed by atoms with van der Waals surface area (Å²) < 4.78 is 29.6. The van der Waals surface area contributed by atoms with Crippen molar-refractivity contribution in [3.05, 3.63) is 29.3 Å². The first-order valence-corrected chi connectivity index (χ1v) is 7.76. The van der Waals surface area contributed by atoms with Crippen molar-refractivity contribution in [2.45, 2.75) is 50.9 Å². The van der Waals surface area contributed by atoms with Gasteiger partial charge in [0.05, 0.1) is 21.8 Å². The zero-order chi connectivity index (χ0) is 14.8. The molecule has 0 fully saturated rings. The third kappa shape index (κ3) is 3.56. The van der Waals surface area contributed by atoms with E-state index in [4.69, 9.17) is 4.74 Å². The highest BCUT2D eigenvalue weighted by Gasteiger charge is 2.26. The SMILES string of the molecule is Cc1ccc(S(=O)(=O)C(C)C)c(C(=O)OC(C)C)c1. The van der Waals surface area contributed by atoms with E-state index in [-0.39, 0.29) is 16.6 Å². The molecule has 0 atom stereocenters. The minimum atomic E-state index is -3.51. The van der Waals surface area contributed by atoms with Crippen molar-refractivity contribution < 1.29 is 17.9 Å². The largest absolute Gasteiger partial charge is 0.459 e. The number of benzene rings is 1. The fourth-order valence-electron chi connectivity index (χ4n) is 1.58. The van der Waals surface area contributed by atoms with Crippen LogP contribution in [-0.2, 0) is 14.6 Å². The van der Waals surface area contributed by atoms with Crippen molar-refractivity contribution in [1.82, 2.24) is 0 Å². The Labute approximate surface area is 114 Å². The summed E-state index contributed by atoms with van der Waals surface area (Å²) in [6.07, 6.45) is -0.289. The van der Waals surface area contributed by atoms with Gasteiger partial charge in [-0.3, -0.25) is 0 Å². The van der Waals surface area contributed by atoms with Gasteiger partial charge in [0.25, 0.3) is 0 Å². The maximum atomic E-state index is 12.2. The van der Waals surface area contributed by atoms with E-state index in [1.165, 1.54) is 6.07 Å². The Kier molecular flexibility index (Phi) is 4.74. The zero-order valence-electron chi connectivity index (χ0n) is 11.9. The number of esters is 1. The minimum absolute atomic E-state index is 0.0405. The summed E-state index contributed by atoms with van der Waals surface area (Å²) in [5.41, 5.74) is 0.931. The average molecular weight is 284 g/mol. The molecule has 4 nitrogen and oxygen atoms in total. The number of rotatable bonds is 4. The molecule has 0 amide bonds. The Balaban J connectivity index is 3.39. The molecular weight excluding hydrogens is 264 g/mol. The van der Waals surface area contributed by atoms with Crippen molar-refractivity contribution in [3.63, 3.8) is 0 Å². The normalized spacial score (nSPS) is 11.9. The van der Waals surface area contributed by atoms with Gasteiger partial charge in [-0.2, -0.15) is 0 Å². The molecule has 19 heavy (non-hydrogen) atoms. The van der Waals surface area contributed by atoms with Gasteiger partial charge in [-0.05, 0) is 46.8 Å². The molecule has 0 bridgehead atoms. The number of hydrogen-bond acceptors (Lipinski definition) is 4. The molecule has 0 saturated heterocycles. The Morgan fingerprint density at radius 3 is 2.21 bits per heavy atom. The van der Waals surface area contributed by atoms with Gasteiger partial charge in [-0.25, -0.2) is 13.2 Å². The van der Waals surface area contributed by atoms with Gasteiger partial charge in [-0.1, -0.05) is 11.6 Å². The number of ether oxygens (including phenoxy) is 1. The van der Waals surface area contributed by atoms with Crippen LogP contribution >= 0.6 is 0 Å². The van der Waals surface area contributed by atoms with Gasteiger partial charge in [0.1, 0.15) is 0 Å². The molecule has 0 saturated carbocycles. The summed E-state index contributed by atoms with van der Waals surface area (Å²) in [7, 11) is -3.51. The molecule has 0 N–H and O–H groups in total. The van der Waals surface area contributed by atoms with Gasteiger partial charge in [0.2, 0.25) is 0 Å². The molecule has 0 aliphatic heterocycles. The van der Waals surface area contributed by atoms with Crippen LogP contribution in [-0.4, -0.2) is 25.7 Å². The number of carbonyl (C=O) groups is 1. The van der Waals surface area contributed by atoms with Crippen LogP contribution in [0.5, 0.6) is 0 Å². The van der Waals surface area contributed by atoms with E-state index >= 15 is 0 Å². The van der Waals surface area contributed by atoms with E-state index in [2.05, 4.69) is 0 Å². The second-order valence-electron chi connectivity index (χ2n) is 5.05. The third-order valence-corrected chi connectivity index (χ3v) is 4.84. The summed E-state index contributed by atoms with van der Waals surface area (Å²) >= 11 is 0. The summed E-state index contributed by atoms with van der Waals surface area (Å²) in [5.74, 6) is -0.599. The van der Waals surface area contributed by atoms with Crippen molar-refractivity contribution in [1.29, 1.82) is 0 Å². The lowest BCUT2D eigenvalue weighted by molar-refractivity contribution is 0.0373. The average Bonchev–Trinajstić information content (AvgIpc) is 2.27. The molecule has 0 radical (unpaired) electrons. The van der Waals surface area contributed by atoms with Crippen molar-refractivity contribution >= 4 is 15.8 Å². The number of aryl methyl sites for hydroxylation is 1. The Morgan fingerprint density at radius 1 is 1.16 bits per heavy atom. The summed E-state index contributed by atoms with van der Waals surface area (Å²) in [4.78, 5) is 12.1. The predicted octanol–water partition coefficient (Wildman–Crippen LogP) is 2.74. The predicted molar refractivity (Wildman–Crippen MR) is 74.1 cm³/mol. The van der Waals surface area contributed by atoms with Gasteiger partial charge < -0.3 is 4.74 Å². The summed E-state index contributed by atoms with van der Waals surface area (Å²) in [6, 6.07) is 4.71. The molecule has 1 aromatic rings. The molecule has 0 heterocycles. The standard InChI is InChI=1S/C14H20O4S/c1-9(2)18-14(15)12-8-11(5)6-7-13(12)19(16,17)10(3)4/h6-10H,1-5H3. The molecule has 1 aromatic carbocycles. The quantitative estimate of drug-likeness (QED) is 0.798. The van der Waals surface area contributed by atoms with Gasteiger partial charge in [0, 0.05) is 0 Å². The molecule has 0 aliphatic carbocycles. The first kappa shape index (κ1) is 15.7. The maximum absolute atomic E-state index is 12.2. The molecule has 106 valence electrons. The topological polar surface area (TPSA) is 60.4 Å². The van der Waals surface area contributed by atoms with Gasteiger partial charge in [-0.15, -0.1) is 0 Å². The van der Waals surface area contributed by atoms with E-state index in [1.54, 1.807) is 46.8 Å². The summed E-state index contributed by atoms with van der Waals surface area (Å²) in [6.45, 7) is 8.44. The highest BCUT2D eigenvalue weighted by atomic mass is 32.2. The number of hydrogen-bond donors (Lipinski definition) is 0. The van der Waals surface area contributed by atoms with E-state index in [0.717, 1.165) is 5.56 Å². The van der Waals surface area contributed by atoms with Gasteiger partial charge in [0.15, 0.2) is 9.84 Å². The van der Waals surface area contributed by atoms with Crippen LogP contribution in [0.3, 0.4) is 0 Å². The van der Waals surface area contributed by atoms with Crippen LogP contribution < -0.4 is 0 Å². The van der Waals surface area contributed by atoms with E-state index in [0.29, 0.717) is 0 Å². The smallest absolute Gasteiger partial charge is 0.339 e. The first-order chi connectivity index (χ1) is 8.66. The van der Waals surface area contributed by atoms with Crippen LogP contribution in [0.25, 0.3) is 0 Å².